The maximum atomic E-state index is 11.4. The first kappa shape index (κ1) is 11.2. The molecule has 1 aliphatic rings. The van der Waals surface area contributed by atoms with Crippen LogP contribution in [0.1, 0.15) is 29.4 Å². The van der Waals surface area contributed by atoms with E-state index in [1.807, 2.05) is 0 Å². The van der Waals surface area contributed by atoms with Gasteiger partial charge < -0.3 is 9.30 Å². The number of nitrogens with two attached hydrogens (primary N) is 1. The zero-order valence-corrected chi connectivity index (χ0v) is 9.53. The number of esters is 1. The van der Waals surface area contributed by atoms with E-state index in [9.17, 15) is 13.2 Å². The molecule has 0 saturated heterocycles. The third-order valence-corrected chi connectivity index (χ3v) is 3.37. The molecule has 0 atom stereocenters. The number of ether oxygens (including phenoxy) is 1. The van der Waals surface area contributed by atoms with E-state index in [2.05, 4.69) is 4.74 Å². The van der Waals surface area contributed by atoms with Crippen LogP contribution in [-0.2, 0) is 14.8 Å². The number of primary sulfonamides is 1. The Bertz CT molecular complexity index is 528. The lowest BCUT2D eigenvalue weighted by Crippen LogP contribution is -2.11. The van der Waals surface area contributed by atoms with Crippen molar-refractivity contribution in [3.8, 4) is 0 Å². The molecule has 0 aliphatic heterocycles. The molecule has 88 valence electrons. The molecule has 1 saturated carbocycles. The van der Waals surface area contributed by atoms with Crippen LogP contribution in [0, 0.1) is 0 Å². The second-order valence-corrected chi connectivity index (χ2v) is 5.30. The number of methoxy groups -OCH3 is 1. The highest BCUT2D eigenvalue weighted by molar-refractivity contribution is 7.89. The molecule has 2 rings (SSSR count). The summed E-state index contributed by atoms with van der Waals surface area (Å²) in [5.74, 6) is -0.554. The summed E-state index contributed by atoms with van der Waals surface area (Å²) in [5.41, 5.74) is 0.231. The normalized spacial score (nSPS) is 16.1. The Morgan fingerprint density at radius 3 is 2.62 bits per heavy atom. The highest BCUT2D eigenvalue weighted by Crippen LogP contribution is 2.37. The summed E-state index contributed by atoms with van der Waals surface area (Å²) in [6, 6.07) is 1.43. The number of hydrogen-bond acceptors (Lipinski definition) is 4. The Morgan fingerprint density at radius 1 is 1.56 bits per heavy atom. The first-order chi connectivity index (χ1) is 7.43. The van der Waals surface area contributed by atoms with Crippen LogP contribution in [-0.4, -0.2) is 26.1 Å². The van der Waals surface area contributed by atoms with Gasteiger partial charge in [-0.1, -0.05) is 0 Å². The minimum atomic E-state index is -3.78. The molecule has 0 unspecified atom stereocenters. The monoisotopic (exact) mass is 244 g/mol. The van der Waals surface area contributed by atoms with Crippen LogP contribution in [0.2, 0.25) is 0 Å². The van der Waals surface area contributed by atoms with Crippen molar-refractivity contribution in [2.75, 3.05) is 7.11 Å². The molecule has 1 fully saturated rings. The van der Waals surface area contributed by atoms with Crippen molar-refractivity contribution in [3.05, 3.63) is 18.0 Å². The van der Waals surface area contributed by atoms with Crippen molar-refractivity contribution < 1.29 is 17.9 Å². The number of sulfonamides is 1. The van der Waals surface area contributed by atoms with Gasteiger partial charge in [-0.3, -0.25) is 0 Å². The molecule has 0 aromatic carbocycles. The molecule has 0 spiro atoms. The average Bonchev–Trinajstić information content (AvgIpc) is 2.94. The molecule has 6 nitrogen and oxygen atoms in total. The van der Waals surface area contributed by atoms with E-state index in [4.69, 9.17) is 5.14 Å². The van der Waals surface area contributed by atoms with Crippen molar-refractivity contribution in [2.45, 2.75) is 23.8 Å². The summed E-state index contributed by atoms with van der Waals surface area (Å²) in [5, 5.41) is 5.01. The van der Waals surface area contributed by atoms with Crippen LogP contribution in [0.15, 0.2) is 17.2 Å². The summed E-state index contributed by atoms with van der Waals surface area (Å²) in [7, 11) is -2.53. The second-order valence-electron chi connectivity index (χ2n) is 3.74. The van der Waals surface area contributed by atoms with Gasteiger partial charge in [0.05, 0.1) is 7.11 Å². The van der Waals surface area contributed by atoms with Crippen LogP contribution in [0.25, 0.3) is 0 Å². The van der Waals surface area contributed by atoms with E-state index in [0.717, 1.165) is 12.8 Å². The topological polar surface area (TPSA) is 91.4 Å². The fourth-order valence-corrected chi connectivity index (χ4v) is 2.07. The van der Waals surface area contributed by atoms with Gasteiger partial charge in [-0.2, -0.15) is 0 Å². The molecule has 0 radical (unpaired) electrons. The molecule has 16 heavy (non-hydrogen) atoms. The number of hydrogen-bond donors (Lipinski definition) is 1. The Morgan fingerprint density at radius 2 is 2.19 bits per heavy atom. The Kier molecular flexibility index (Phi) is 2.51. The largest absolute Gasteiger partial charge is 0.464 e. The smallest absolute Gasteiger partial charge is 0.354 e. The van der Waals surface area contributed by atoms with E-state index in [1.54, 1.807) is 4.57 Å². The van der Waals surface area contributed by atoms with Gasteiger partial charge >= 0.3 is 5.97 Å². The molecular weight excluding hydrogens is 232 g/mol. The lowest BCUT2D eigenvalue weighted by atomic mass is 10.4. The Hall–Kier alpha value is -1.34. The maximum Gasteiger partial charge on any atom is 0.354 e. The molecule has 1 aromatic heterocycles. The van der Waals surface area contributed by atoms with Gasteiger partial charge in [-0.15, -0.1) is 0 Å². The lowest BCUT2D eigenvalue weighted by Gasteiger charge is -2.04. The quantitative estimate of drug-likeness (QED) is 0.772. The summed E-state index contributed by atoms with van der Waals surface area (Å²) in [6.45, 7) is 0. The average molecular weight is 244 g/mol. The zero-order valence-electron chi connectivity index (χ0n) is 8.71. The summed E-state index contributed by atoms with van der Waals surface area (Å²) >= 11 is 0. The molecule has 7 heteroatoms. The molecular formula is C9H12N2O4S. The van der Waals surface area contributed by atoms with Gasteiger partial charge in [0.1, 0.15) is 10.6 Å². The maximum absolute atomic E-state index is 11.4. The van der Waals surface area contributed by atoms with Crippen molar-refractivity contribution >= 4 is 16.0 Å². The van der Waals surface area contributed by atoms with Gasteiger partial charge in [0.15, 0.2) is 0 Å². The van der Waals surface area contributed by atoms with Gasteiger partial charge in [0, 0.05) is 12.2 Å². The minimum absolute atomic E-state index is 0.0557. The third kappa shape index (κ3) is 1.96. The standard InChI is InChI=1S/C9H12N2O4S/c1-15-9(12)8-4-7(16(10,13)14)5-11(8)6-2-3-6/h4-6H,2-3H2,1H3,(H2,10,13,14). The van der Waals surface area contributed by atoms with Gasteiger partial charge in [0.25, 0.3) is 0 Å². The van der Waals surface area contributed by atoms with Crippen LogP contribution in [0.5, 0.6) is 0 Å². The molecule has 1 aliphatic carbocycles. The van der Waals surface area contributed by atoms with Gasteiger partial charge in [-0.05, 0) is 18.9 Å². The van der Waals surface area contributed by atoms with E-state index in [0.29, 0.717) is 0 Å². The fourth-order valence-electron chi connectivity index (χ4n) is 1.53. The van der Waals surface area contributed by atoms with Crippen molar-refractivity contribution in [2.24, 2.45) is 5.14 Å². The molecule has 0 amide bonds. The number of carbonyl (C=O) groups excluding carboxylic acids is 1. The first-order valence-corrected chi connectivity index (χ1v) is 6.31. The van der Waals surface area contributed by atoms with Gasteiger partial charge in [0.2, 0.25) is 10.0 Å². The first-order valence-electron chi connectivity index (χ1n) is 4.76. The summed E-state index contributed by atoms with van der Waals surface area (Å²) in [4.78, 5) is 11.4. The SMILES string of the molecule is COC(=O)c1cc(S(N)(=O)=O)cn1C1CC1. The number of carbonyl (C=O) groups is 1. The van der Waals surface area contributed by atoms with E-state index < -0.39 is 16.0 Å². The molecule has 1 heterocycles. The van der Waals surface area contributed by atoms with Crippen LogP contribution >= 0.6 is 0 Å². The fraction of sp³-hybridized carbons (Fsp3) is 0.444. The Labute approximate surface area is 93.0 Å². The van der Waals surface area contributed by atoms with E-state index in [-0.39, 0.29) is 16.6 Å². The van der Waals surface area contributed by atoms with Crippen molar-refractivity contribution in [1.29, 1.82) is 0 Å². The molecule has 2 N–H and O–H groups in total. The molecule has 1 aromatic rings. The zero-order chi connectivity index (χ0) is 11.9. The Balaban J connectivity index is 2.50. The van der Waals surface area contributed by atoms with Crippen LogP contribution in [0.4, 0.5) is 0 Å². The van der Waals surface area contributed by atoms with E-state index in [1.165, 1.54) is 19.4 Å². The predicted molar refractivity (Wildman–Crippen MR) is 55.4 cm³/mol. The summed E-state index contributed by atoms with van der Waals surface area (Å²) in [6.07, 6.45) is 3.25. The highest BCUT2D eigenvalue weighted by Gasteiger charge is 2.29. The van der Waals surface area contributed by atoms with Crippen LogP contribution < -0.4 is 5.14 Å². The number of aromatic nitrogens is 1. The third-order valence-electron chi connectivity index (χ3n) is 2.49. The van der Waals surface area contributed by atoms with Crippen molar-refractivity contribution in [1.82, 2.24) is 4.57 Å². The highest BCUT2D eigenvalue weighted by atomic mass is 32.2. The lowest BCUT2D eigenvalue weighted by molar-refractivity contribution is 0.0588. The number of rotatable bonds is 3. The number of nitrogens with zero attached hydrogens (tertiary/aromatic N) is 1. The minimum Gasteiger partial charge on any atom is -0.464 e. The van der Waals surface area contributed by atoms with Crippen LogP contribution in [0.3, 0.4) is 0 Å². The van der Waals surface area contributed by atoms with E-state index >= 15 is 0 Å². The van der Waals surface area contributed by atoms with Crippen molar-refractivity contribution in [3.63, 3.8) is 0 Å². The molecule has 0 bridgehead atoms. The van der Waals surface area contributed by atoms with Gasteiger partial charge in [-0.25, -0.2) is 18.4 Å². The summed E-state index contributed by atoms with van der Waals surface area (Å²) < 4.78 is 28.5. The predicted octanol–water partition coefficient (Wildman–Crippen LogP) is 0.257. The second kappa shape index (κ2) is 3.60.